The molecule has 0 spiro atoms. The molecule has 2 aromatic rings. The summed E-state index contributed by atoms with van der Waals surface area (Å²) < 4.78 is 39.5. The molecular formula is C23H28Cl2FN3O4S. The summed E-state index contributed by atoms with van der Waals surface area (Å²) in [5.74, 6) is -1.75. The van der Waals surface area contributed by atoms with Crippen molar-refractivity contribution in [2.24, 2.45) is 0 Å². The van der Waals surface area contributed by atoms with Crippen molar-refractivity contribution >= 4 is 50.7 Å². The van der Waals surface area contributed by atoms with E-state index in [1.807, 2.05) is 13.8 Å². The van der Waals surface area contributed by atoms with Crippen molar-refractivity contribution in [1.29, 1.82) is 0 Å². The molecule has 7 nitrogen and oxygen atoms in total. The molecule has 0 aromatic heterocycles. The fraction of sp³-hybridized carbons (Fsp3) is 0.391. The molecule has 0 unspecified atom stereocenters. The smallest absolute Gasteiger partial charge is 0.244 e. The number of hydrogen-bond donors (Lipinski definition) is 1. The van der Waals surface area contributed by atoms with Crippen molar-refractivity contribution in [3.63, 3.8) is 0 Å². The third-order valence-corrected chi connectivity index (χ3v) is 7.18. The van der Waals surface area contributed by atoms with Gasteiger partial charge in [-0.15, -0.1) is 0 Å². The number of hydrogen-bond acceptors (Lipinski definition) is 4. The Kier molecular flexibility index (Phi) is 9.73. The Morgan fingerprint density at radius 1 is 1.09 bits per heavy atom. The summed E-state index contributed by atoms with van der Waals surface area (Å²) in [4.78, 5) is 27.5. The van der Waals surface area contributed by atoms with Gasteiger partial charge < -0.3 is 10.2 Å². The first-order valence-electron chi connectivity index (χ1n) is 10.6. The maximum Gasteiger partial charge on any atom is 0.244 e. The van der Waals surface area contributed by atoms with Gasteiger partial charge in [0.15, 0.2) is 0 Å². The lowest BCUT2D eigenvalue weighted by Gasteiger charge is -2.32. The van der Waals surface area contributed by atoms with Crippen LogP contribution in [-0.4, -0.2) is 50.0 Å². The van der Waals surface area contributed by atoms with E-state index in [0.29, 0.717) is 22.0 Å². The summed E-state index contributed by atoms with van der Waals surface area (Å²) in [6.45, 7) is 4.49. The van der Waals surface area contributed by atoms with Gasteiger partial charge in [0.1, 0.15) is 18.4 Å². The molecular weight excluding hydrogens is 504 g/mol. The van der Waals surface area contributed by atoms with E-state index in [9.17, 15) is 22.4 Å². The van der Waals surface area contributed by atoms with Crippen LogP contribution in [0.2, 0.25) is 10.0 Å². The number of rotatable bonds is 10. The van der Waals surface area contributed by atoms with Gasteiger partial charge in [-0.3, -0.25) is 13.9 Å². The Bertz CT molecular complexity index is 1130. The quantitative estimate of drug-likeness (QED) is 0.496. The van der Waals surface area contributed by atoms with Crippen molar-refractivity contribution in [2.75, 3.05) is 17.1 Å². The molecule has 0 aliphatic carbocycles. The highest BCUT2D eigenvalue weighted by Crippen LogP contribution is 2.27. The molecule has 34 heavy (non-hydrogen) atoms. The molecule has 0 heterocycles. The van der Waals surface area contributed by atoms with Gasteiger partial charge in [-0.25, -0.2) is 12.8 Å². The molecule has 0 radical (unpaired) electrons. The van der Waals surface area contributed by atoms with E-state index >= 15 is 0 Å². The average Bonchev–Trinajstić information content (AvgIpc) is 2.75. The molecule has 0 bridgehead atoms. The third kappa shape index (κ3) is 7.32. The number of nitrogens with one attached hydrogen (secondary N) is 1. The number of nitrogens with zero attached hydrogens (tertiary/aromatic N) is 2. The minimum Gasteiger partial charge on any atom is -0.352 e. The zero-order chi connectivity index (χ0) is 25.6. The zero-order valence-corrected chi connectivity index (χ0v) is 21.7. The predicted molar refractivity (Wildman–Crippen MR) is 133 cm³/mol. The van der Waals surface area contributed by atoms with Crippen LogP contribution in [0.3, 0.4) is 0 Å². The Morgan fingerprint density at radius 3 is 2.21 bits per heavy atom. The van der Waals surface area contributed by atoms with E-state index < -0.39 is 40.2 Å². The van der Waals surface area contributed by atoms with Crippen LogP contribution in [0.1, 0.15) is 32.8 Å². The van der Waals surface area contributed by atoms with Crippen LogP contribution in [0.25, 0.3) is 0 Å². The van der Waals surface area contributed by atoms with E-state index in [4.69, 9.17) is 23.2 Å². The summed E-state index contributed by atoms with van der Waals surface area (Å²) >= 11 is 12.6. The first-order chi connectivity index (χ1) is 15.8. The fourth-order valence-electron chi connectivity index (χ4n) is 3.15. The SMILES string of the molecule is CC[C@H](C)NC(=O)[C@H](C)N(Cc1c(Cl)cccc1Cl)C(=O)CN(c1cccc(F)c1)S(C)(=O)=O. The molecule has 2 atom stereocenters. The van der Waals surface area contributed by atoms with E-state index in [-0.39, 0.29) is 18.3 Å². The molecule has 2 aromatic carbocycles. The highest BCUT2D eigenvalue weighted by atomic mass is 35.5. The summed E-state index contributed by atoms with van der Waals surface area (Å²) in [7, 11) is -3.95. The molecule has 11 heteroatoms. The number of carbonyl (C=O) groups is 2. The van der Waals surface area contributed by atoms with E-state index in [2.05, 4.69) is 5.32 Å². The number of benzene rings is 2. The van der Waals surface area contributed by atoms with Crippen LogP contribution < -0.4 is 9.62 Å². The maximum atomic E-state index is 13.8. The Balaban J connectivity index is 2.45. The van der Waals surface area contributed by atoms with Crippen LogP contribution in [-0.2, 0) is 26.2 Å². The molecule has 0 saturated carbocycles. The van der Waals surface area contributed by atoms with E-state index in [0.717, 1.165) is 16.6 Å². The van der Waals surface area contributed by atoms with E-state index in [1.165, 1.54) is 30.0 Å². The normalized spacial score (nSPS) is 13.1. The van der Waals surface area contributed by atoms with Gasteiger partial charge in [0.05, 0.1) is 11.9 Å². The maximum absolute atomic E-state index is 13.8. The van der Waals surface area contributed by atoms with Gasteiger partial charge in [0.2, 0.25) is 21.8 Å². The van der Waals surface area contributed by atoms with Gasteiger partial charge >= 0.3 is 0 Å². The average molecular weight is 532 g/mol. The minimum absolute atomic E-state index is 0.0108. The number of anilines is 1. The molecule has 0 aliphatic heterocycles. The highest BCUT2D eigenvalue weighted by molar-refractivity contribution is 7.92. The van der Waals surface area contributed by atoms with Gasteiger partial charge in [0.25, 0.3) is 0 Å². The lowest BCUT2D eigenvalue weighted by Crippen LogP contribution is -2.52. The van der Waals surface area contributed by atoms with Crippen LogP contribution in [0.15, 0.2) is 42.5 Å². The molecule has 1 N–H and O–H groups in total. The number of amides is 2. The molecule has 186 valence electrons. The lowest BCUT2D eigenvalue weighted by atomic mass is 10.1. The molecule has 0 aliphatic rings. The second-order valence-electron chi connectivity index (χ2n) is 7.97. The van der Waals surface area contributed by atoms with E-state index in [1.54, 1.807) is 18.2 Å². The van der Waals surface area contributed by atoms with Crippen molar-refractivity contribution in [3.05, 3.63) is 63.9 Å². The van der Waals surface area contributed by atoms with Crippen molar-refractivity contribution in [1.82, 2.24) is 10.2 Å². The first-order valence-corrected chi connectivity index (χ1v) is 13.2. The van der Waals surface area contributed by atoms with Gasteiger partial charge in [-0.05, 0) is 50.6 Å². The topological polar surface area (TPSA) is 86.8 Å². The molecule has 2 amide bonds. The minimum atomic E-state index is -3.95. The van der Waals surface area contributed by atoms with Crippen LogP contribution in [0.4, 0.5) is 10.1 Å². The fourth-order valence-corrected chi connectivity index (χ4v) is 4.51. The van der Waals surface area contributed by atoms with Gasteiger partial charge in [-0.2, -0.15) is 0 Å². The van der Waals surface area contributed by atoms with Crippen LogP contribution in [0, 0.1) is 5.82 Å². The molecule has 2 rings (SSSR count). The third-order valence-electron chi connectivity index (χ3n) is 5.33. The van der Waals surface area contributed by atoms with Crippen LogP contribution in [0.5, 0.6) is 0 Å². The summed E-state index contributed by atoms with van der Waals surface area (Å²) in [6, 6.07) is 8.66. The van der Waals surface area contributed by atoms with Crippen molar-refractivity contribution in [2.45, 2.75) is 45.8 Å². The standard InChI is InChI=1S/C23H28Cl2FN3O4S/c1-5-15(2)27-23(31)16(3)28(13-19-20(24)10-7-11-21(19)25)22(30)14-29(34(4,32)33)18-9-6-8-17(26)12-18/h6-12,15-16H,5,13-14H2,1-4H3,(H,27,31)/t15-,16-/m0/s1. The monoisotopic (exact) mass is 531 g/mol. The Hall–Kier alpha value is -2.36. The lowest BCUT2D eigenvalue weighted by molar-refractivity contribution is -0.139. The van der Waals surface area contributed by atoms with Crippen LogP contribution >= 0.6 is 23.2 Å². The van der Waals surface area contributed by atoms with Crippen molar-refractivity contribution in [3.8, 4) is 0 Å². The highest BCUT2D eigenvalue weighted by Gasteiger charge is 2.31. The second-order valence-corrected chi connectivity index (χ2v) is 10.7. The molecule has 0 fully saturated rings. The predicted octanol–water partition coefficient (Wildman–Crippen LogP) is 4.23. The molecule has 0 saturated heterocycles. The summed E-state index contributed by atoms with van der Waals surface area (Å²) in [5.41, 5.74) is 0.405. The first kappa shape index (κ1) is 27.9. The largest absolute Gasteiger partial charge is 0.352 e. The van der Waals surface area contributed by atoms with Gasteiger partial charge in [-0.1, -0.05) is 42.3 Å². The summed E-state index contributed by atoms with van der Waals surface area (Å²) in [6.07, 6.45) is 1.60. The van der Waals surface area contributed by atoms with Crippen molar-refractivity contribution < 1.29 is 22.4 Å². The number of sulfonamides is 1. The number of carbonyl (C=O) groups excluding carboxylic acids is 2. The number of halogens is 3. The van der Waals surface area contributed by atoms with Gasteiger partial charge in [0, 0.05) is 28.2 Å². The second kappa shape index (κ2) is 11.9. The zero-order valence-electron chi connectivity index (χ0n) is 19.4. The summed E-state index contributed by atoms with van der Waals surface area (Å²) in [5, 5.41) is 3.41. The Morgan fingerprint density at radius 2 is 1.68 bits per heavy atom. The Labute approximate surface area is 209 Å².